The predicted molar refractivity (Wildman–Crippen MR) is 92.9 cm³/mol. The van der Waals surface area contributed by atoms with Crippen LogP contribution in [-0.4, -0.2) is 48.5 Å². The van der Waals surface area contributed by atoms with Crippen molar-refractivity contribution in [2.75, 3.05) is 13.1 Å². The number of hydrogen-bond donors (Lipinski definition) is 0. The van der Waals surface area contributed by atoms with Crippen molar-refractivity contribution < 1.29 is 13.6 Å². The normalized spacial score (nSPS) is 17.6. The lowest BCUT2D eigenvalue weighted by Crippen LogP contribution is -2.39. The number of amides is 1. The molecule has 0 aromatic carbocycles. The summed E-state index contributed by atoms with van der Waals surface area (Å²) in [6, 6.07) is 4.48. The van der Waals surface area contributed by atoms with Gasteiger partial charge in [0.25, 0.3) is 18.1 Å². The quantitative estimate of drug-likeness (QED) is 0.640. The van der Waals surface area contributed by atoms with E-state index < -0.39 is 6.43 Å². The zero-order chi connectivity index (χ0) is 19.0. The van der Waals surface area contributed by atoms with E-state index in [1.165, 1.54) is 29.2 Å². The van der Waals surface area contributed by atoms with Gasteiger partial charge >= 0.3 is 0 Å². The molecule has 4 heterocycles. The predicted octanol–water partition coefficient (Wildman–Crippen LogP) is 3.13. The van der Waals surface area contributed by atoms with Gasteiger partial charge in [0.2, 0.25) is 0 Å². The van der Waals surface area contributed by atoms with Crippen molar-refractivity contribution in [3.05, 3.63) is 52.8 Å². The molecule has 27 heavy (non-hydrogen) atoms. The average molecular weight is 393 g/mol. The van der Waals surface area contributed by atoms with Crippen LogP contribution in [0.1, 0.15) is 46.9 Å². The van der Waals surface area contributed by atoms with E-state index in [-0.39, 0.29) is 28.4 Å². The Bertz CT molecular complexity index is 994. The standard InChI is InChI=1S/C17H15ClF2N6O/c18-14-6-10(3-4-21-14)16(27)25-5-1-2-11(8-25)13-7-12(15(19)20)24-17-22-9-23-26(13)17/h3-4,6-7,9,11,15H,1-2,5,8H2/t11-/m0/s1. The average Bonchev–Trinajstić information content (AvgIpc) is 3.15. The number of fused-ring (bicyclic) bond motifs is 1. The Labute approximate surface area is 158 Å². The Morgan fingerprint density at radius 3 is 2.93 bits per heavy atom. The number of carbonyl (C=O) groups excluding carboxylic acids is 1. The van der Waals surface area contributed by atoms with Crippen LogP contribution in [0.25, 0.3) is 5.78 Å². The molecule has 0 unspecified atom stereocenters. The van der Waals surface area contributed by atoms with Crippen molar-refractivity contribution in [1.29, 1.82) is 0 Å². The molecule has 0 saturated carbocycles. The molecule has 0 radical (unpaired) electrons. The van der Waals surface area contributed by atoms with E-state index in [9.17, 15) is 13.6 Å². The second kappa shape index (κ2) is 7.15. The molecule has 1 atom stereocenters. The zero-order valence-corrected chi connectivity index (χ0v) is 14.9. The van der Waals surface area contributed by atoms with E-state index in [1.54, 1.807) is 11.0 Å². The van der Waals surface area contributed by atoms with Crippen molar-refractivity contribution in [3.63, 3.8) is 0 Å². The van der Waals surface area contributed by atoms with Crippen LogP contribution in [0.3, 0.4) is 0 Å². The highest BCUT2D eigenvalue weighted by molar-refractivity contribution is 6.29. The molecule has 10 heteroatoms. The lowest BCUT2D eigenvalue weighted by molar-refractivity contribution is 0.0704. The van der Waals surface area contributed by atoms with Gasteiger partial charge in [-0.05, 0) is 31.0 Å². The molecule has 0 spiro atoms. The van der Waals surface area contributed by atoms with Crippen molar-refractivity contribution in [2.24, 2.45) is 0 Å². The smallest absolute Gasteiger partial charge is 0.280 e. The Morgan fingerprint density at radius 2 is 2.15 bits per heavy atom. The third-order valence-corrected chi connectivity index (χ3v) is 4.83. The highest BCUT2D eigenvalue weighted by Crippen LogP contribution is 2.30. The first-order valence-electron chi connectivity index (χ1n) is 8.42. The first kappa shape index (κ1) is 17.7. The first-order chi connectivity index (χ1) is 13.0. The lowest BCUT2D eigenvalue weighted by Gasteiger charge is -2.33. The molecule has 1 amide bonds. The maximum absolute atomic E-state index is 13.2. The summed E-state index contributed by atoms with van der Waals surface area (Å²) in [7, 11) is 0. The van der Waals surface area contributed by atoms with Gasteiger partial charge < -0.3 is 4.90 Å². The molecule has 0 aliphatic carbocycles. The van der Waals surface area contributed by atoms with Gasteiger partial charge in [0.1, 0.15) is 17.2 Å². The summed E-state index contributed by atoms with van der Waals surface area (Å²) in [5, 5.41) is 4.35. The van der Waals surface area contributed by atoms with E-state index in [0.29, 0.717) is 24.3 Å². The molecule has 0 bridgehead atoms. The number of alkyl halides is 2. The van der Waals surface area contributed by atoms with Crippen molar-refractivity contribution in [3.8, 4) is 0 Å². The second-order valence-electron chi connectivity index (χ2n) is 6.34. The fourth-order valence-electron chi connectivity index (χ4n) is 3.38. The van der Waals surface area contributed by atoms with Gasteiger partial charge in [-0.3, -0.25) is 4.79 Å². The summed E-state index contributed by atoms with van der Waals surface area (Å²) in [6.07, 6.45) is 1.56. The fraction of sp³-hybridized carbons (Fsp3) is 0.353. The minimum atomic E-state index is -2.70. The number of aromatic nitrogens is 5. The van der Waals surface area contributed by atoms with Crippen molar-refractivity contribution >= 4 is 23.3 Å². The number of pyridine rings is 1. The van der Waals surface area contributed by atoms with Gasteiger partial charge in [-0.1, -0.05) is 11.6 Å². The number of rotatable bonds is 3. The SMILES string of the molecule is O=C(c1ccnc(Cl)c1)N1CCC[C@H](c2cc(C(F)F)nc3ncnn23)C1. The van der Waals surface area contributed by atoms with Gasteiger partial charge in [0.05, 0.1) is 5.69 Å². The highest BCUT2D eigenvalue weighted by Gasteiger charge is 2.28. The molecule has 0 N–H and O–H groups in total. The maximum atomic E-state index is 13.2. The minimum absolute atomic E-state index is 0.132. The molecule has 4 rings (SSSR count). The van der Waals surface area contributed by atoms with Crippen molar-refractivity contribution in [1.82, 2.24) is 29.5 Å². The van der Waals surface area contributed by atoms with E-state index in [2.05, 4.69) is 20.1 Å². The molecule has 3 aromatic rings. The number of nitrogens with zero attached hydrogens (tertiary/aromatic N) is 6. The number of hydrogen-bond acceptors (Lipinski definition) is 5. The minimum Gasteiger partial charge on any atom is -0.338 e. The lowest BCUT2D eigenvalue weighted by atomic mass is 9.93. The summed E-state index contributed by atoms with van der Waals surface area (Å²) in [5.74, 6) is -0.182. The molecule has 140 valence electrons. The topological polar surface area (TPSA) is 76.3 Å². The van der Waals surface area contributed by atoms with Gasteiger partial charge in [-0.15, -0.1) is 0 Å². The first-order valence-corrected chi connectivity index (χ1v) is 8.80. The molecule has 7 nitrogen and oxygen atoms in total. The van der Waals surface area contributed by atoms with Crippen LogP contribution in [0.5, 0.6) is 0 Å². The van der Waals surface area contributed by atoms with Crippen LogP contribution in [-0.2, 0) is 0 Å². The highest BCUT2D eigenvalue weighted by atomic mass is 35.5. The molecular weight excluding hydrogens is 378 g/mol. The van der Waals surface area contributed by atoms with E-state index in [1.807, 2.05) is 0 Å². The largest absolute Gasteiger partial charge is 0.338 e. The summed E-state index contributed by atoms with van der Waals surface area (Å²) < 4.78 is 27.9. The summed E-state index contributed by atoms with van der Waals surface area (Å²) in [5.41, 5.74) is 0.692. The van der Waals surface area contributed by atoms with Crippen molar-refractivity contribution in [2.45, 2.75) is 25.2 Å². The van der Waals surface area contributed by atoms with Crippen LogP contribution in [0.2, 0.25) is 5.15 Å². The molecule has 1 aliphatic rings. The zero-order valence-electron chi connectivity index (χ0n) is 14.1. The van der Waals surface area contributed by atoms with Gasteiger partial charge in [0.15, 0.2) is 0 Å². The third kappa shape index (κ3) is 3.46. The summed E-state index contributed by atoms with van der Waals surface area (Å²) >= 11 is 5.87. The van der Waals surface area contributed by atoms with E-state index >= 15 is 0 Å². The third-order valence-electron chi connectivity index (χ3n) is 4.62. The summed E-state index contributed by atoms with van der Waals surface area (Å²) in [6.45, 7) is 0.975. The molecule has 1 saturated heterocycles. The van der Waals surface area contributed by atoms with Gasteiger partial charge in [-0.2, -0.15) is 10.1 Å². The number of carbonyl (C=O) groups is 1. The van der Waals surface area contributed by atoms with Gasteiger partial charge in [0, 0.05) is 30.8 Å². The fourth-order valence-corrected chi connectivity index (χ4v) is 3.55. The number of halogens is 3. The molecular formula is C17H15ClF2N6O. The Hall–Kier alpha value is -2.68. The van der Waals surface area contributed by atoms with E-state index in [0.717, 1.165) is 12.8 Å². The van der Waals surface area contributed by atoms with Crippen LogP contribution in [0, 0.1) is 0 Å². The number of piperidine rings is 1. The summed E-state index contributed by atoms with van der Waals surface area (Å²) in [4.78, 5) is 26.1. The van der Waals surface area contributed by atoms with Crippen LogP contribution >= 0.6 is 11.6 Å². The second-order valence-corrected chi connectivity index (χ2v) is 6.72. The monoisotopic (exact) mass is 392 g/mol. The molecule has 1 fully saturated rings. The van der Waals surface area contributed by atoms with Crippen LogP contribution < -0.4 is 0 Å². The molecule has 3 aromatic heterocycles. The Balaban J connectivity index is 1.64. The number of likely N-dealkylation sites (tertiary alicyclic amines) is 1. The Kier molecular flexibility index (Phi) is 4.69. The van der Waals surface area contributed by atoms with Gasteiger partial charge in [-0.25, -0.2) is 23.3 Å². The van der Waals surface area contributed by atoms with E-state index in [4.69, 9.17) is 11.6 Å². The Morgan fingerprint density at radius 1 is 1.30 bits per heavy atom. The molecule has 1 aliphatic heterocycles. The van der Waals surface area contributed by atoms with Crippen LogP contribution in [0.15, 0.2) is 30.7 Å². The maximum Gasteiger partial charge on any atom is 0.280 e. The van der Waals surface area contributed by atoms with Crippen LogP contribution in [0.4, 0.5) is 8.78 Å².